The van der Waals surface area contributed by atoms with Crippen LogP contribution in [0.4, 0.5) is 0 Å². The molecular weight excluding hydrogens is 186 g/mol. The number of rotatable bonds is 1. The van der Waals surface area contributed by atoms with Gasteiger partial charge in [-0.1, -0.05) is 25.1 Å². The second kappa shape index (κ2) is 4.15. The Labute approximate surface area is 90.5 Å². The van der Waals surface area contributed by atoms with Gasteiger partial charge in [-0.15, -0.1) is 0 Å². The van der Waals surface area contributed by atoms with Crippen LogP contribution in [-0.4, -0.2) is 11.8 Å². The second-order valence-electron chi connectivity index (χ2n) is 4.20. The van der Waals surface area contributed by atoms with Crippen molar-refractivity contribution in [2.75, 3.05) is 0 Å². The van der Waals surface area contributed by atoms with E-state index in [4.69, 9.17) is 5.73 Å². The van der Waals surface area contributed by atoms with E-state index >= 15 is 0 Å². The number of benzene rings is 1. The minimum Gasteiger partial charge on any atom is -0.321 e. The molecule has 0 radical (unpaired) electrons. The normalized spacial score (nSPS) is 20.9. The number of fused-ring (bicyclic) bond motifs is 1. The highest BCUT2D eigenvalue weighted by atomic mass is 16.1. The van der Waals surface area contributed by atoms with E-state index in [1.165, 1.54) is 16.7 Å². The highest BCUT2D eigenvalue weighted by Gasteiger charge is 2.21. The predicted molar refractivity (Wildman–Crippen MR) is 60.8 cm³/mol. The van der Waals surface area contributed by atoms with Crippen molar-refractivity contribution in [2.45, 2.75) is 38.6 Å². The van der Waals surface area contributed by atoms with E-state index in [0.29, 0.717) is 6.42 Å². The lowest BCUT2D eigenvalue weighted by Gasteiger charge is -2.09. The zero-order valence-electron chi connectivity index (χ0n) is 9.12. The van der Waals surface area contributed by atoms with Crippen molar-refractivity contribution >= 4 is 5.78 Å². The largest absolute Gasteiger partial charge is 0.321 e. The number of hydrogen-bond donors (Lipinski definition) is 1. The van der Waals surface area contributed by atoms with Crippen molar-refractivity contribution in [3.05, 3.63) is 34.9 Å². The van der Waals surface area contributed by atoms with Crippen LogP contribution in [0, 0.1) is 0 Å². The quantitative estimate of drug-likeness (QED) is 0.705. The summed E-state index contributed by atoms with van der Waals surface area (Å²) in [6, 6.07) is 5.99. The Morgan fingerprint density at radius 1 is 1.47 bits per heavy atom. The summed E-state index contributed by atoms with van der Waals surface area (Å²) in [4.78, 5) is 11.7. The molecule has 2 rings (SSSR count). The van der Waals surface area contributed by atoms with Gasteiger partial charge in [0.25, 0.3) is 0 Å². The van der Waals surface area contributed by atoms with E-state index in [2.05, 4.69) is 19.1 Å². The van der Waals surface area contributed by atoms with Gasteiger partial charge in [0, 0.05) is 6.42 Å². The summed E-state index contributed by atoms with van der Waals surface area (Å²) in [5.41, 5.74) is 9.72. The lowest BCUT2D eigenvalue weighted by molar-refractivity contribution is -0.119. The smallest absolute Gasteiger partial charge is 0.153 e. The first kappa shape index (κ1) is 10.4. The van der Waals surface area contributed by atoms with Crippen molar-refractivity contribution < 1.29 is 4.79 Å². The van der Waals surface area contributed by atoms with Crippen LogP contribution in [0.2, 0.25) is 0 Å². The molecule has 1 aromatic carbocycles. The Kier molecular flexibility index (Phi) is 2.87. The third kappa shape index (κ3) is 1.95. The zero-order valence-corrected chi connectivity index (χ0v) is 9.12. The topological polar surface area (TPSA) is 43.1 Å². The van der Waals surface area contributed by atoms with Crippen LogP contribution in [0.5, 0.6) is 0 Å². The molecule has 2 heteroatoms. The fraction of sp³-hybridized carbons (Fsp3) is 0.462. The van der Waals surface area contributed by atoms with Gasteiger partial charge in [0.15, 0.2) is 5.78 Å². The minimum atomic E-state index is -0.262. The van der Waals surface area contributed by atoms with E-state index in [0.717, 1.165) is 19.3 Å². The molecule has 2 nitrogen and oxygen atoms in total. The van der Waals surface area contributed by atoms with Gasteiger partial charge in [0.1, 0.15) is 0 Å². The molecular formula is C13H17NO. The summed E-state index contributed by atoms with van der Waals surface area (Å²) in [5, 5.41) is 0. The summed E-state index contributed by atoms with van der Waals surface area (Å²) in [7, 11) is 0. The van der Waals surface area contributed by atoms with Gasteiger partial charge in [0.2, 0.25) is 0 Å². The molecule has 0 saturated heterocycles. The number of nitrogens with two attached hydrogens (primary N) is 1. The molecule has 0 aromatic heterocycles. The number of aryl methyl sites for hydroxylation is 1. The molecule has 1 aliphatic carbocycles. The van der Waals surface area contributed by atoms with Crippen LogP contribution in [0.15, 0.2) is 18.2 Å². The first-order valence-corrected chi connectivity index (χ1v) is 5.60. The molecule has 0 bridgehead atoms. The predicted octanol–water partition coefficient (Wildman–Crippen LogP) is 1.63. The van der Waals surface area contributed by atoms with Gasteiger partial charge in [-0.25, -0.2) is 0 Å². The van der Waals surface area contributed by atoms with Crippen LogP contribution in [0.3, 0.4) is 0 Å². The lowest BCUT2D eigenvalue weighted by Crippen LogP contribution is -2.30. The van der Waals surface area contributed by atoms with Gasteiger partial charge in [-0.05, 0) is 36.0 Å². The number of carbonyl (C=O) groups excluding carboxylic acids is 1. The third-order valence-corrected chi connectivity index (χ3v) is 3.23. The molecule has 0 aliphatic heterocycles. The standard InChI is InChI=1S/C13H17NO/c1-2-9-4-3-5-10-8-13(15)12(14)7-6-11(9)10/h3-5,12H,2,6-8,14H2,1H3. The van der Waals surface area contributed by atoms with Crippen LogP contribution in [0.1, 0.15) is 30.0 Å². The highest BCUT2D eigenvalue weighted by molar-refractivity contribution is 5.86. The molecule has 1 unspecified atom stereocenters. The molecule has 1 aromatic rings. The summed E-state index contributed by atoms with van der Waals surface area (Å²) in [5.74, 6) is 0.182. The molecule has 2 N–H and O–H groups in total. The van der Waals surface area contributed by atoms with E-state index in [1.807, 2.05) is 6.07 Å². The number of Topliss-reactive ketones (excluding diaryl/α,β-unsaturated/α-hetero) is 1. The minimum absolute atomic E-state index is 0.182. The summed E-state index contributed by atoms with van der Waals surface area (Å²) in [6.45, 7) is 2.16. The number of hydrogen-bond acceptors (Lipinski definition) is 2. The molecule has 15 heavy (non-hydrogen) atoms. The average molecular weight is 203 g/mol. The second-order valence-corrected chi connectivity index (χ2v) is 4.20. The molecule has 0 heterocycles. The van der Waals surface area contributed by atoms with E-state index in [9.17, 15) is 4.79 Å². The zero-order chi connectivity index (χ0) is 10.8. The summed E-state index contributed by atoms with van der Waals surface area (Å²) < 4.78 is 0. The molecule has 0 amide bonds. The van der Waals surface area contributed by atoms with Crippen LogP contribution >= 0.6 is 0 Å². The molecule has 0 fully saturated rings. The third-order valence-electron chi connectivity index (χ3n) is 3.23. The molecule has 1 atom stereocenters. The number of ketones is 1. The van der Waals surface area contributed by atoms with Crippen LogP contribution in [0.25, 0.3) is 0 Å². The van der Waals surface area contributed by atoms with Crippen LogP contribution in [-0.2, 0) is 24.1 Å². The van der Waals surface area contributed by atoms with Crippen molar-refractivity contribution in [3.63, 3.8) is 0 Å². The molecule has 1 aliphatic rings. The SMILES string of the molecule is CCc1cccc2c1CCC(N)C(=O)C2. The van der Waals surface area contributed by atoms with Gasteiger partial charge in [-0.2, -0.15) is 0 Å². The van der Waals surface area contributed by atoms with Crippen LogP contribution < -0.4 is 5.73 Å². The Hall–Kier alpha value is -1.15. The fourth-order valence-electron chi connectivity index (χ4n) is 2.29. The highest BCUT2D eigenvalue weighted by Crippen LogP contribution is 2.22. The monoisotopic (exact) mass is 203 g/mol. The maximum absolute atomic E-state index is 11.7. The Morgan fingerprint density at radius 3 is 3.00 bits per heavy atom. The first-order valence-electron chi connectivity index (χ1n) is 5.60. The van der Waals surface area contributed by atoms with Gasteiger partial charge < -0.3 is 5.73 Å². The first-order chi connectivity index (χ1) is 7.22. The van der Waals surface area contributed by atoms with Gasteiger partial charge in [0.05, 0.1) is 6.04 Å². The Morgan fingerprint density at radius 2 is 2.27 bits per heavy atom. The van der Waals surface area contributed by atoms with Crippen molar-refractivity contribution in [1.82, 2.24) is 0 Å². The maximum Gasteiger partial charge on any atom is 0.153 e. The fourth-order valence-corrected chi connectivity index (χ4v) is 2.29. The van der Waals surface area contributed by atoms with E-state index in [1.54, 1.807) is 0 Å². The van der Waals surface area contributed by atoms with Gasteiger partial charge in [-0.3, -0.25) is 4.79 Å². The molecule has 80 valence electrons. The van der Waals surface area contributed by atoms with Crippen molar-refractivity contribution in [3.8, 4) is 0 Å². The van der Waals surface area contributed by atoms with E-state index in [-0.39, 0.29) is 11.8 Å². The summed E-state index contributed by atoms with van der Waals surface area (Å²) >= 11 is 0. The van der Waals surface area contributed by atoms with Crippen molar-refractivity contribution in [1.29, 1.82) is 0 Å². The average Bonchev–Trinajstić information content (AvgIpc) is 2.39. The molecule has 0 saturated carbocycles. The van der Waals surface area contributed by atoms with E-state index < -0.39 is 0 Å². The van der Waals surface area contributed by atoms with Crippen molar-refractivity contribution in [2.24, 2.45) is 5.73 Å². The summed E-state index contributed by atoms with van der Waals surface area (Å²) in [6.07, 6.45) is 3.30. The Balaban J connectivity index is 2.42. The van der Waals surface area contributed by atoms with Gasteiger partial charge >= 0.3 is 0 Å². The Bertz CT molecular complexity index is 384. The number of carbonyl (C=O) groups is 1. The maximum atomic E-state index is 11.7. The lowest BCUT2D eigenvalue weighted by atomic mass is 9.96. The molecule has 0 spiro atoms.